The maximum Gasteiger partial charge on any atom is 0.309 e. The van der Waals surface area contributed by atoms with Crippen LogP contribution < -0.4 is 4.90 Å². The molecule has 1 aliphatic heterocycles. The summed E-state index contributed by atoms with van der Waals surface area (Å²) in [6, 6.07) is 6.43. The average molecular weight is 492 g/mol. The molecule has 8 atom stereocenters. The first-order chi connectivity index (χ1) is 17.0. The Kier molecular flexibility index (Phi) is 4.92. The minimum atomic E-state index is -0.752. The lowest BCUT2D eigenvalue weighted by molar-refractivity contribution is -0.194. The van der Waals surface area contributed by atoms with Gasteiger partial charge in [-0.1, -0.05) is 44.9 Å². The number of hydrogen-bond donors (Lipinski definition) is 2. The number of allylic oxidation sites excluding steroid dienone is 2. The number of anilines is 1. The molecule has 7 rings (SSSR count). The maximum absolute atomic E-state index is 14.2. The summed E-state index contributed by atoms with van der Waals surface area (Å²) in [7, 11) is 0. The number of fused-ring (bicyclic) bond motifs is 1. The third-order valence-corrected chi connectivity index (χ3v) is 11.2. The fourth-order valence-corrected chi connectivity index (χ4v) is 9.84. The Morgan fingerprint density at radius 3 is 2.50 bits per heavy atom. The number of carbonyl (C=O) groups excluding carboxylic acids is 2. The molecule has 2 N–H and O–H groups in total. The fraction of sp³-hybridized carbons (Fsp3) is 0.633. The maximum atomic E-state index is 14.2. The van der Waals surface area contributed by atoms with E-state index in [1.165, 1.54) is 16.5 Å². The topological polar surface area (TPSA) is 94.9 Å². The van der Waals surface area contributed by atoms with E-state index in [0.717, 1.165) is 32.1 Å². The zero-order valence-corrected chi connectivity index (χ0v) is 21.7. The van der Waals surface area contributed by atoms with E-state index >= 15 is 0 Å². The molecule has 1 heterocycles. The molecule has 0 radical (unpaired) electrons. The summed E-state index contributed by atoms with van der Waals surface area (Å²) < 4.78 is 0. The molecule has 1 aromatic carbocycles. The predicted octanol–water partition coefficient (Wildman–Crippen LogP) is 5.41. The van der Waals surface area contributed by atoms with Crippen molar-refractivity contribution in [3.63, 3.8) is 0 Å². The Balaban J connectivity index is 1.50. The molecule has 1 saturated heterocycles. The van der Waals surface area contributed by atoms with Crippen LogP contribution in [-0.2, 0) is 14.4 Å². The third kappa shape index (κ3) is 2.76. The van der Waals surface area contributed by atoms with Gasteiger partial charge in [0.2, 0.25) is 11.8 Å². The van der Waals surface area contributed by atoms with Gasteiger partial charge >= 0.3 is 5.97 Å². The average Bonchev–Trinajstić information content (AvgIpc) is 3.10. The number of benzene rings is 1. The van der Waals surface area contributed by atoms with Gasteiger partial charge < -0.3 is 10.2 Å². The normalized spacial score (nSPS) is 43.2. The quantitative estimate of drug-likeness (QED) is 0.436. The SMILES string of the molecule is CC(C)C1=CC23CCC4[C@](C)(CCC[C@@]4(C)C(=O)O)C2CC1[C@H]1C(=O)N(c2cccc(O)c2)C(=O)[C@H]13. The lowest BCUT2D eigenvalue weighted by atomic mass is 9.34. The number of amides is 2. The minimum absolute atomic E-state index is 0.00535. The molecule has 6 heteroatoms. The summed E-state index contributed by atoms with van der Waals surface area (Å²) in [4.78, 5) is 42.0. The van der Waals surface area contributed by atoms with Gasteiger partial charge in [0, 0.05) is 11.5 Å². The molecular weight excluding hydrogens is 454 g/mol. The minimum Gasteiger partial charge on any atom is -0.508 e. The molecule has 6 nitrogen and oxygen atoms in total. The number of aromatic hydroxyl groups is 1. The van der Waals surface area contributed by atoms with Crippen molar-refractivity contribution in [3.8, 4) is 5.75 Å². The Labute approximate surface area is 212 Å². The number of aliphatic carboxylic acids is 1. The van der Waals surface area contributed by atoms with Gasteiger partial charge in [0.25, 0.3) is 0 Å². The number of hydrogen-bond acceptors (Lipinski definition) is 4. The van der Waals surface area contributed by atoms with Crippen LogP contribution in [0.25, 0.3) is 0 Å². The van der Waals surface area contributed by atoms with E-state index in [1.54, 1.807) is 18.2 Å². The Morgan fingerprint density at radius 2 is 1.83 bits per heavy atom. The molecule has 2 amide bonds. The molecule has 2 bridgehead atoms. The van der Waals surface area contributed by atoms with Crippen LogP contribution >= 0.6 is 0 Å². The van der Waals surface area contributed by atoms with Gasteiger partial charge in [0.05, 0.1) is 22.9 Å². The fourth-order valence-electron chi connectivity index (χ4n) is 9.84. The van der Waals surface area contributed by atoms with Gasteiger partial charge in [-0.05, 0) is 80.2 Å². The summed E-state index contributed by atoms with van der Waals surface area (Å²) in [6.07, 6.45) is 7.30. The molecule has 36 heavy (non-hydrogen) atoms. The molecule has 4 unspecified atom stereocenters. The number of carbonyl (C=O) groups is 3. The standard InChI is InChI=1S/C30H37NO5/c1-16(2)20-15-30-12-9-21-28(3,10-6-11-29(21,4)27(35)36)22(30)14-19(20)23-24(30)26(34)31(25(23)33)17-7-5-8-18(32)13-17/h5,7-8,13,15-16,19,21-24,32H,6,9-12,14H2,1-4H3,(H,35,36)/t19?,21?,22?,23-,24+,28+,29-,30?/m1/s1. The lowest BCUT2D eigenvalue weighted by Crippen LogP contribution is -2.65. The van der Waals surface area contributed by atoms with Crippen LogP contribution in [0.15, 0.2) is 35.9 Å². The third-order valence-electron chi connectivity index (χ3n) is 11.2. The van der Waals surface area contributed by atoms with E-state index in [4.69, 9.17) is 0 Å². The van der Waals surface area contributed by atoms with Crippen molar-refractivity contribution in [2.24, 2.45) is 51.8 Å². The summed E-state index contributed by atoms with van der Waals surface area (Å²) in [5.74, 6) is -1.24. The second-order valence-corrected chi connectivity index (χ2v) is 13.0. The number of carboxylic acids is 1. The molecule has 1 spiro atoms. The van der Waals surface area contributed by atoms with E-state index in [1.807, 2.05) is 6.92 Å². The lowest BCUT2D eigenvalue weighted by Gasteiger charge is -2.68. The van der Waals surface area contributed by atoms with E-state index in [-0.39, 0.29) is 52.6 Å². The first-order valence-corrected chi connectivity index (χ1v) is 13.6. The predicted molar refractivity (Wildman–Crippen MR) is 135 cm³/mol. The van der Waals surface area contributed by atoms with Gasteiger partial charge in [-0.3, -0.25) is 14.4 Å². The van der Waals surface area contributed by atoms with E-state index in [2.05, 4.69) is 26.8 Å². The highest BCUT2D eigenvalue weighted by molar-refractivity contribution is 6.23. The van der Waals surface area contributed by atoms with E-state index in [0.29, 0.717) is 12.1 Å². The molecule has 5 aliphatic carbocycles. The van der Waals surface area contributed by atoms with Crippen LogP contribution in [0.2, 0.25) is 0 Å². The van der Waals surface area contributed by atoms with Gasteiger partial charge in [0.15, 0.2) is 0 Å². The number of phenols is 1. The van der Waals surface area contributed by atoms with Gasteiger partial charge in [-0.2, -0.15) is 0 Å². The van der Waals surface area contributed by atoms with E-state index < -0.39 is 22.7 Å². The smallest absolute Gasteiger partial charge is 0.309 e. The molecule has 192 valence electrons. The second kappa shape index (κ2) is 7.45. The highest BCUT2D eigenvalue weighted by Gasteiger charge is 2.73. The van der Waals surface area contributed by atoms with Crippen LogP contribution in [0.1, 0.15) is 66.2 Å². The monoisotopic (exact) mass is 491 g/mol. The highest BCUT2D eigenvalue weighted by Crippen LogP contribution is 2.74. The molecule has 6 aliphatic rings. The summed E-state index contributed by atoms with van der Waals surface area (Å²) in [5, 5.41) is 20.3. The van der Waals surface area contributed by atoms with Crippen molar-refractivity contribution in [2.45, 2.75) is 66.2 Å². The number of imide groups is 1. The van der Waals surface area contributed by atoms with Crippen LogP contribution in [0, 0.1) is 51.8 Å². The van der Waals surface area contributed by atoms with Crippen molar-refractivity contribution in [3.05, 3.63) is 35.9 Å². The molecule has 0 aromatic heterocycles. The molecular formula is C30H37NO5. The molecule has 4 fully saturated rings. The largest absolute Gasteiger partial charge is 0.508 e. The second-order valence-electron chi connectivity index (χ2n) is 13.0. The summed E-state index contributed by atoms with van der Waals surface area (Å²) in [5.41, 5.74) is 0.366. The van der Waals surface area contributed by atoms with E-state index in [9.17, 15) is 24.6 Å². The molecule has 1 aromatic rings. The zero-order chi connectivity index (χ0) is 25.8. The van der Waals surface area contributed by atoms with Gasteiger partial charge in [-0.25, -0.2) is 4.90 Å². The highest BCUT2D eigenvalue weighted by atomic mass is 16.4. The van der Waals surface area contributed by atoms with Gasteiger partial charge in [0.1, 0.15) is 5.75 Å². The van der Waals surface area contributed by atoms with Crippen molar-refractivity contribution in [1.29, 1.82) is 0 Å². The van der Waals surface area contributed by atoms with Crippen LogP contribution in [-0.4, -0.2) is 28.0 Å². The molecule has 3 saturated carbocycles. The Bertz CT molecular complexity index is 1200. The zero-order valence-electron chi connectivity index (χ0n) is 21.7. The van der Waals surface area contributed by atoms with Crippen molar-refractivity contribution < 1.29 is 24.6 Å². The van der Waals surface area contributed by atoms with Gasteiger partial charge in [-0.15, -0.1) is 0 Å². The number of phenolic OH excluding ortho intramolecular Hbond substituents is 1. The van der Waals surface area contributed by atoms with Crippen molar-refractivity contribution in [2.75, 3.05) is 4.90 Å². The Hall–Kier alpha value is -2.63. The number of nitrogens with zero attached hydrogens (tertiary/aromatic N) is 1. The van der Waals surface area contributed by atoms with Crippen LogP contribution in [0.3, 0.4) is 0 Å². The van der Waals surface area contributed by atoms with Crippen molar-refractivity contribution in [1.82, 2.24) is 0 Å². The summed E-state index contributed by atoms with van der Waals surface area (Å²) >= 11 is 0. The van der Waals surface area contributed by atoms with Crippen molar-refractivity contribution >= 4 is 23.5 Å². The first kappa shape index (κ1) is 23.7. The Morgan fingerprint density at radius 1 is 1.08 bits per heavy atom. The summed E-state index contributed by atoms with van der Waals surface area (Å²) in [6.45, 7) is 8.58. The van der Waals surface area contributed by atoms with Crippen LogP contribution in [0.4, 0.5) is 5.69 Å². The van der Waals surface area contributed by atoms with Crippen LogP contribution in [0.5, 0.6) is 5.75 Å². The first-order valence-electron chi connectivity index (χ1n) is 13.6. The number of carboxylic acid groups (broad SMARTS) is 1. The number of rotatable bonds is 3.